The molecule has 5 fully saturated rings. The van der Waals surface area contributed by atoms with E-state index in [1.165, 1.54) is 6.92 Å². The molecule has 0 spiro atoms. The van der Waals surface area contributed by atoms with Crippen LogP contribution in [0, 0.1) is 34.5 Å². The number of aliphatic hydroxyl groups excluding tert-OH is 1. The predicted molar refractivity (Wildman–Crippen MR) is 118 cm³/mol. The summed E-state index contributed by atoms with van der Waals surface area (Å²) in [7, 11) is 0. The topological polar surface area (TPSA) is 82.1 Å². The van der Waals surface area contributed by atoms with E-state index in [0.717, 1.165) is 51.4 Å². The van der Waals surface area contributed by atoms with E-state index < -0.39 is 17.4 Å². The molecule has 5 rings (SSSR count). The molecular weight excluding hydrogens is 408 g/mol. The van der Waals surface area contributed by atoms with Gasteiger partial charge in [0, 0.05) is 12.3 Å². The largest absolute Gasteiger partial charge is 0.458 e. The Balaban J connectivity index is 1.48. The quantitative estimate of drug-likeness (QED) is 0.657. The van der Waals surface area contributed by atoms with Gasteiger partial charge in [0.25, 0.3) is 0 Å². The highest BCUT2D eigenvalue weighted by molar-refractivity contribution is 5.92. The van der Waals surface area contributed by atoms with Crippen LogP contribution in [-0.2, 0) is 23.8 Å². The summed E-state index contributed by atoms with van der Waals surface area (Å²) in [6, 6.07) is 0. The van der Waals surface area contributed by atoms with Crippen molar-refractivity contribution in [3.63, 3.8) is 0 Å². The van der Waals surface area contributed by atoms with Gasteiger partial charge in [0.2, 0.25) is 5.78 Å². The normalized spacial score (nSPS) is 51.2. The Labute approximate surface area is 191 Å². The summed E-state index contributed by atoms with van der Waals surface area (Å²) in [4.78, 5) is 25.1. The van der Waals surface area contributed by atoms with Gasteiger partial charge in [0.05, 0.1) is 12.2 Å². The highest BCUT2D eigenvalue weighted by atomic mass is 16.8. The fraction of sp³-hybridized carbons (Fsp3) is 0.923. The number of ketones is 1. The molecule has 0 aromatic carbocycles. The summed E-state index contributed by atoms with van der Waals surface area (Å²) >= 11 is 0. The number of aliphatic hydroxyl groups is 1. The zero-order valence-corrected chi connectivity index (χ0v) is 20.3. The maximum absolute atomic E-state index is 13.7. The van der Waals surface area contributed by atoms with Crippen LogP contribution in [0.1, 0.15) is 86.0 Å². The smallest absolute Gasteiger partial charge is 0.303 e. The van der Waals surface area contributed by atoms with Crippen LogP contribution in [0.15, 0.2) is 0 Å². The second kappa shape index (κ2) is 7.26. The van der Waals surface area contributed by atoms with E-state index in [-0.39, 0.29) is 35.4 Å². The number of rotatable bonds is 3. The second-order valence-corrected chi connectivity index (χ2v) is 12.3. The van der Waals surface area contributed by atoms with Gasteiger partial charge < -0.3 is 19.3 Å². The van der Waals surface area contributed by atoms with Gasteiger partial charge in [0.15, 0.2) is 18.0 Å². The standard InChI is InChI=1S/C26H40O6/c1-15(27)30-14-21(29)26-22(31-23(2,3)32-26)13-20-18-7-6-16-12-17(28)8-10-24(16,4)19(18)9-11-25(20,26)5/h16-20,22,28H,6-14H2,1-5H3/t16-,17+,18+,19-,20-,22+,24-,25-,26+/m0/s1. The Morgan fingerprint density at radius 3 is 2.47 bits per heavy atom. The second-order valence-electron chi connectivity index (χ2n) is 12.3. The van der Waals surface area contributed by atoms with Crippen LogP contribution in [0.5, 0.6) is 0 Å². The molecule has 1 aliphatic heterocycles. The van der Waals surface area contributed by atoms with E-state index in [1.807, 2.05) is 13.8 Å². The lowest BCUT2D eigenvalue weighted by Gasteiger charge is -2.61. The van der Waals surface area contributed by atoms with Crippen molar-refractivity contribution in [2.75, 3.05) is 6.61 Å². The van der Waals surface area contributed by atoms with E-state index in [1.54, 1.807) is 0 Å². The maximum Gasteiger partial charge on any atom is 0.303 e. The molecule has 1 saturated heterocycles. The summed E-state index contributed by atoms with van der Waals surface area (Å²) in [6.45, 7) is 9.56. The fourth-order valence-corrected chi connectivity index (χ4v) is 9.11. The van der Waals surface area contributed by atoms with E-state index >= 15 is 0 Å². The van der Waals surface area contributed by atoms with Crippen LogP contribution in [-0.4, -0.2) is 47.1 Å². The molecule has 0 unspecified atom stereocenters. The van der Waals surface area contributed by atoms with Gasteiger partial charge in [-0.05, 0) is 94.3 Å². The number of hydrogen-bond acceptors (Lipinski definition) is 6. The van der Waals surface area contributed by atoms with E-state index in [9.17, 15) is 14.7 Å². The van der Waals surface area contributed by atoms with Gasteiger partial charge in [-0.2, -0.15) is 0 Å². The minimum atomic E-state index is -1.05. The van der Waals surface area contributed by atoms with Crippen molar-refractivity contribution >= 4 is 11.8 Å². The number of fused-ring (bicyclic) bond motifs is 7. The molecule has 0 radical (unpaired) electrons. The first-order chi connectivity index (χ1) is 14.9. The van der Waals surface area contributed by atoms with Crippen LogP contribution in [0.4, 0.5) is 0 Å². The average Bonchev–Trinajstić information content (AvgIpc) is 3.12. The lowest BCUT2D eigenvalue weighted by atomic mass is 9.44. The molecule has 6 heteroatoms. The first-order valence-electron chi connectivity index (χ1n) is 12.7. The molecule has 0 amide bonds. The lowest BCUT2D eigenvalue weighted by molar-refractivity contribution is -0.221. The van der Waals surface area contributed by atoms with Crippen molar-refractivity contribution in [1.29, 1.82) is 0 Å². The molecule has 6 nitrogen and oxygen atoms in total. The number of carbonyl (C=O) groups excluding carboxylic acids is 2. The van der Waals surface area contributed by atoms with Crippen LogP contribution in [0.3, 0.4) is 0 Å². The van der Waals surface area contributed by atoms with Crippen LogP contribution in [0.2, 0.25) is 0 Å². The van der Waals surface area contributed by atoms with E-state index in [4.69, 9.17) is 14.2 Å². The highest BCUT2D eigenvalue weighted by Gasteiger charge is 2.76. The van der Waals surface area contributed by atoms with E-state index in [2.05, 4.69) is 13.8 Å². The number of hydrogen-bond donors (Lipinski definition) is 1. The van der Waals surface area contributed by atoms with Gasteiger partial charge >= 0.3 is 5.97 Å². The number of carbonyl (C=O) groups is 2. The monoisotopic (exact) mass is 448 g/mol. The Kier molecular flexibility index (Phi) is 5.17. The molecule has 0 bridgehead atoms. The summed E-state index contributed by atoms with van der Waals surface area (Å²) in [5, 5.41) is 10.3. The average molecular weight is 449 g/mol. The van der Waals surface area contributed by atoms with Crippen molar-refractivity contribution in [3.8, 4) is 0 Å². The molecular formula is C26H40O6. The van der Waals surface area contributed by atoms with Gasteiger partial charge in [-0.3, -0.25) is 9.59 Å². The Bertz CT molecular complexity index is 808. The van der Waals surface area contributed by atoms with Gasteiger partial charge in [-0.25, -0.2) is 0 Å². The molecule has 0 aromatic rings. The minimum Gasteiger partial charge on any atom is -0.458 e. The van der Waals surface area contributed by atoms with Crippen LogP contribution in [0.25, 0.3) is 0 Å². The third kappa shape index (κ3) is 3.01. The summed E-state index contributed by atoms with van der Waals surface area (Å²) in [5.74, 6) is 0.705. The maximum atomic E-state index is 13.7. The number of esters is 1. The van der Waals surface area contributed by atoms with Gasteiger partial charge in [-0.1, -0.05) is 13.8 Å². The molecule has 0 aromatic heterocycles. The highest BCUT2D eigenvalue weighted by Crippen LogP contribution is 2.71. The fourth-order valence-electron chi connectivity index (χ4n) is 9.11. The van der Waals surface area contributed by atoms with Crippen LogP contribution < -0.4 is 0 Å². The number of ether oxygens (including phenoxy) is 3. The van der Waals surface area contributed by atoms with Crippen LogP contribution >= 0.6 is 0 Å². The molecule has 9 atom stereocenters. The molecule has 4 aliphatic carbocycles. The minimum absolute atomic E-state index is 0.143. The van der Waals surface area contributed by atoms with Gasteiger partial charge in [-0.15, -0.1) is 0 Å². The SMILES string of the molecule is CC(=O)OCC(=O)[C@@]12OC(C)(C)O[C@@H]1C[C@H]1[C@@H]3CC[C@H]4C[C@H](O)CC[C@]4(C)[C@H]3CC[C@@]12C. The summed E-state index contributed by atoms with van der Waals surface area (Å²) in [6.07, 6.45) is 7.66. The molecule has 5 aliphatic rings. The Morgan fingerprint density at radius 1 is 1.00 bits per heavy atom. The Hall–Kier alpha value is -0.980. The van der Waals surface area contributed by atoms with Crippen molar-refractivity contribution in [2.24, 2.45) is 34.5 Å². The Morgan fingerprint density at radius 2 is 1.75 bits per heavy atom. The van der Waals surface area contributed by atoms with Crippen molar-refractivity contribution in [2.45, 2.75) is 110 Å². The summed E-state index contributed by atoms with van der Waals surface area (Å²) < 4.78 is 18.1. The molecule has 1 heterocycles. The summed E-state index contributed by atoms with van der Waals surface area (Å²) in [5.41, 5.74) is -1.11. The predicted octanol–water partition coefficient (Wildman–Crippen LogP) is 4.02. The lowest BCUT2D eigenvalue weighted by Crippen LogP contribution is -2.62. The zero-order chi connectivity index (χ0) is 23.1. The zero-order valence-electron chi connectivity index (χ0n) is 20.3. The third-order valence-corrected chi connectivity index (χ3v) is 10.5. The van der Waals surface area contributed by atoms with Crippen molar-refractivity contribution in [3.05, 3.63) is 0 Å². The van der Waals surface area contributed by atoms with Gasteiger partial charge in [0.1, 0.15) is 0 Å². The number of Topliss-reactive ketones (excluding diaryl/α,β-unsaturated/α-hetero) is 1. The molecule has 32 heavy (non-hydrogen) atoms. The van der Waals surface area contributed by atoms with Crippen molar-refractivity contribution in [1.82, 2.24) is 0 Å². The molecule has 1 N–H and O–H groups in total. The van der Waals surface area contributed by atoms with E-state index in [0.29, 0.717) is 23.7 Å². The first-order valence-corrected chi connectivity index (χ1v) is 12.7. The molecule has 4 saturated carbocycles. The molecule has 180 valence electrons. The first kappa shape index (κ1) is 22.8. The van der Waals surface area contributed by atoms with Crippen molar-refractivity contribution < 1.29 is 28.9 Å². The third-order valence-electron chi connectivity index (χ3n) is 10.5.